The summed E-state index contributed by atoms with van der Waals surface area (Å²) in [5.74, 6) is 7.10. The van der Waals surface area contributed by atoms with Crippen molar-refractivity contribution in [1.29, 1.82) is 0 Å². The number of carbonyl (C=O) groups excluding carboxylic acids is 1. The quantitative estimate of drug-likeness (QED) is 0.648. The van der Waals surface area contributed by atoms with Gasteiger partial charge in [-0.1, -0.05) is 44.7 Å². The molecule has 1 aliphatic heterocycles. The molecule has 1 fully saturated rings. The third-order valence-corrected chi connectivity index (χ3v) is 5.40. The third-order valence-electron chi connectivity index (χ3n) is 5.40. The van der Waals surface area contributed by atoms with Gasteiger partial charge in [0.05, 0.1) is 0 Å². The lowest BCUT2D eigenvalue weighted by molar-refractivity contribution is -0.128. The van der Waals surface area contributed by atoms with E-state index in [1.165, 1.54) is 0 Å². The monoisotopic (exact) mass is 413 g/mol. The molecule has 0 aliphatic carbocycles. The Morgan fingerprint density at radius 1 is 1.23 bits per heavy atom. The van der Waals surface area contributed by atoms with Crippen LogP contribution in [-0.2, 0) is 11.2 Å². The van der Waals surface area contributed by atoms with Crippen LogP contribution in [0, 0.1) is 23.2 Å². The highest BCUT2D eigenvalue weighted by molar-refractivity contribution is 5.90. The number of nitrogens with zero attached hydrogens (tertiary/aromatic N) is 4. The summed E-state index contributed by atoms with van der Waals surface area (Å²) in [7, 11) is 1.81. The Kier molecular flexibility index (Phi) is 5.36. The highest BCUT2D eigenvalue weighted by Gasteiger charge is 2.27. The van der Waals surface area contributed by atoms with Gasteiger partial charge in [-0.3, -0.25) is 4.79 Å². The summed E-state index contributed by atoms with van der Waals surface area (Å²) in [6.45, 7) is 7.33. The standard InChI is InChI=1S/C25H27N5O/c1-25(2,3)13-19-14-27-22(26)21-20(19)15-28-23(29-21)18-7-5-6-16(12-18)8-9-17-10-11-30(4)24(17)31/h5-7,12,14-15,17H,10-11,13H2,1-4H3,(H2,26,27)/t17-/m1/s1. The molecular weight excluding hydrogens is 386 g/mol. The number of aromatic nitrogens is 3. The van der Waals surface area contributed by atoms with Gasteiger partial charge in [-0.2, -0.15) is 0 Å². The van der Waals surface area contributed by atoms with Gasteiger partial charge in [-0.15, -0.1) is 0 Å². The van der Waals surface area contributed by atoms with E-state index in [2.05, 4.69) is 42.6 Å². The second kappa shape index (κ2) is 7.99. The van der Waals surface area contributed by atoms with Gasteiger partial charge >= 0.3 is 0 Å². The fraction of sp³-hybridized carbons (Fsp3) is 0.360. The first-order valence-electron chi connectivity index (χ1n) is 10.5. The molecule has 158 valence electrons. The van der Waals surface area contributed by atoms with Crippen LogP contribution in [0.1, 0.15) is 38.3 Å². The highest BCUT2D eigenvalue weighted by Crippen LogP contribution is 2.28. The molecule has 0 radical (unpaired) electrons. The molecular formula is C25H27N5O. The van der Waals surface area contributed by atoms with E-state index < -0.39 is 0 Å². The van der Waals surface area contributed by atoms with Gasteiger partial charge in [0.1, 0.15) is 17.3 Å². The number of amides is 1. The molecule has 3 heterocycles. The van der Waals surface area contributed by atoms with Crippen molar-refractivity contribution in [3.05, 3.63) is 47.8 Å². The Morgan fingerprint density at radius 3 is 2.74 bits per heavy atom. The molecule has 0 spiro atoms. The van der Waals surface area contributed by atoms with E-state index in [-0.39, 0.29) is 17.2 Å². The van der Waals surface area contributed by atoms with Crippen LogP contribution >= 0.6 is 0 Å². The molecule has 2 N–H and O–H groups in total. The smallest absolute Gasteiger partial charge is 0.237 e. The zero-order chi connectivity index (χ0) is 22.2. The fourth-order valence-corrected chi connectivity index (χ4v) is 3.80. The molecule has 0 bridgehead atoms. The number of anilines is 1. The topological polar surface area (TPSA) is 85.0 Å². The van der Waals surface area contributed by atoms with Crippen molar-refractivity contribution in [2.24, 2.45) is 11.3 Å². The Balaban J connectivity index is 1.67. The maximum atomic E-state index is 12.1. The summed E-state index contributed by atoms with van der Waals surface area (Å²) in [6.07, 6.45) is 5.30. The number of hydrogen-bond donors (Lipinski definition) is 1. The van der Waals surface area contributed by atoms with Crippen molar-refractivity contribution in [2.45, 2.75) is 33.6 Å². The Labute approximate surface area is 182 Å². The second-order valence-corrected chi connectivity index (χ2v) is 9.31. The zero-order valence-corrected chi connectivity index (χ0v) is 18.4. The lowest BCUT2D eigenvalue weighted by Gasteiger charge is -2.19. The molecule has 6 heteroatoms. The summed E-state index contributed by atoms with van der Waals surface area (Å²) < 4.78 is 0. The van der Waals surface area contributed by atoms with Gasteiger partial charge in [0.2, 0.25) is 5.91 Å². The number of pyridine rings is 1. The van der Waals surface area contributed by atoms with Crippen LogP contribution in [-0.4, -0.2) is 39.4 Å². The second-order valence-electron chi connectivity index (χ2n) is 9.31. The van der Waals surface area contributed by atoms with Crippen molar-refractivity contribution in [3.8, 4) is 23.2 Å². The molecule has 0 unspecified atom stereocenters. The summed E-state index contributed by atoms with van der Waals surface area (Å²) >= 11 is 0. The molecule has 1 saturated heterocycles. The molecule has 2 aromatic heterocycles. The van der Waals surface area contributed by atoms with Crippen LogP contribution in [0.5, 0.6) is 0 Å². The number of nitrogens with two attached hydrogens (primary N) is 1. The lowest BCUT2D eigenvalue weighted by atomic mass is 9.87. The van der Waals surface area contributed by atoms with Crippen LogP contribution in [0.4, 0.5) is 5.82 Å². The minimum atomic E-state index is -0.224. The molecule has 1 amide bonds. The number of nitrogen functional groups attached to an aromatic ring is 1. The average molecular weight is 414 g/mol. The maximum absolute atomic E-state index is 12.1. The van der Waals surface area contributed by atoms with E-state index in [9.17, 15) is 4.79 Å². The number of rotatable bonds is 2. The summed E-state index contributed by atoms with van der Waals surface area (Å²) in [5.41, 5.74) is 9.71. The summed E-state index contributed by atoms with van der Waals surface area (Å²) in [4.78, 5) is 27.5. The SMILES string of the molecule is CN1CC[C@@H](C#Cc2cccc(-c3ncc4c(CC(C)(C)C)cnc(N)c4n3)c2)C1=O. The Morgan fingerprint density at radius 2 is 2.03 bits per heavy atom. The third kappa shape index (κ3) is 4.51. The van der Waals surface area contributed by atoms with Gasteiger partial charge in [-0.05, 0) is 36.0 Å². The fourth-order valence-electron chi connectivity index (χ4n) is 3.80. The number of hydrogen-bond acceptors (Lipinski definition) is 5. The normalized spacial score (nSPS) is 16.5. The zero-order valence-electron chi connectivity index (χ0n) is 18.4. The van der Waals surface area contributed by atoms with Crippen molar-refractivity contribution in [3.63, 3.8) is 0 Å². The van der Waals surface area contributed by atoms with Crippen LogP contribution in [0.25, 0.3) is 22.3 Å². The predicted molar refractivity (Wildman–Crippen MR) is 123 cm³/mol. The van der Waals surface area contributed by atoms with Gasteiger partial charge in [0.25, 0.3) is 0 Å². The highest BCUT2D eigenvalue weighted by atomic mass is 16.2. The average Bonchev–Trinajstić information content (AvgIpc) is 3.05. The summed E-state index contributed by atoms with van der Waals surface area (Å²) in [6, 6.07) is 7.74. The van der Waals surface area contributed by atoms with Crippen LogP contribution in [0.15, 0.2) is 36.7 Å². The Hall–Kier alpha value is -3.46. The van der Waals surface area contributed by atoms with E-state index in [4.69, 9.17) is 10.7 Å². The maximum Gasteiger partial charge on any atom is 0.237 e. The lowest BCUT2D eigenvalue weighted by Crippen LogP contribution is -2.21. The van der Waals surface area contributed by atoms with E-state index in [0.717, 1.165) is 41.5 Å². The molecule has 4 rings (SSSR count). The van der Waals surface area contributed by atoms with Gasteiger partial charge in [0, 0.05) is 42.5 Å². The Bertz CT molecular complexity index is 1220. The molecule has 1 aliphatic rings. The van der Waals surface area contributed by atoms with E-state index in [1.807, 2.05) is 43.7 Å². The number of fused-ring (bicyclic) bond motifs is 1. The molecule has 31 heavy (non-hydrogen) atoms. The van der Waals surface area contributed by atoms with Crippen molar-refractivity contribution >= 4 is 22.6 Å². The van der Waals surface area contributed by atoms with Crippen LogP contribution in [0.3, 0.4) is 0 Å². The first kappa shape index (κ1) is 20.8. The minimum absolute atomic E-state index is 0.0931. The molecule has 3 aromatic rings. The van der Waals surface area contributed by atoms with Gasteiger partial charge < -0.3 is 10.6 Å². The number of likely N-dealkylation sites (tertiary alicyclic amines) is 1. The molecule has 6 nitrogen and oxygen atoms in total. The molecule has 1 atom stereocenters. The van der Waals surface area contributed by atoms with Crippen LogP contribution < -0.4 is 5.73 Å². The molecule has 0 saturated carbocycles. The van der Waals surface area contributed by atoms with Gasteiger partial charge in [-0.25, -0.2) is 15.0 Å². The van der Waals surface area contributed by atoms with E-state index in [1.54, 1.807) is 4.90 Å². The molecule has 1 aromatic carbocycles. The number of benzene rings is 1. The number of carbonyl (C=O) groups is 1. The minimum Gasteiger partial charge on any atom is -0.382 e. The van der Waals surface area contributed by atoms with Gasteiger partial charge in [0.15, 0.2) is 5.82 Å². The van der Waals surface area contributed by atoms with Crippen LogP contribution in [0.2, 0.25) is 0 Å². The predicted octanol–water partition coefficient (Wildman–Crippen LogP) is 3.69. The largest absolute Gasteiger partial charge is 0.382 e. The van der Waals surface area contributed by atoms with Crippen molar-refractivity contribution in [1.82, 2.24) is 19.9 Å². The summed E-state index contributed by atoms with van der Waals surface area (Å²) in [5, 5.41) is 0.936. The van der Waals surface area contributed by atoms with E-state index >= 15 is 0 Å². The van der Waals surface area contributed by atoms with E-state index in [0.29, 0.717) is 17.2 Å². The van der Waals surface area contributed by atoms with Crippen molar-refractivity contribution in [2.75, 3.05) is 19.3 Å². The van der Waals surface area contributed by atoms with Crippen molar-refractivity contribution < 1.29 is 4.79 Å². The first-order chi connectivity index (χ1) is 14.7. The first-order valence-corrected chi connectivity index (χ1v) is 10.5.